The Balaban J connectivity index is 2.50. The van der Waals surface area contributed by atoms with Crippen molar-refractivity contribution in [2.45, 2.75) is 26.4 Å². The largest absolute Gasteiger partial charge is 0.493 e. The second-order valence-corrected chi connectivity index (χ2v) is 6.21. The van der Waals surface area contributed by atoms with Crippen molar-refractivity contribution in [1.82, 2.24) is 4.90 Å². The Kier molecular flexibility index (Phi) is 3.78. The van der Waals surface area contributed by atoms with E-state index in [1.165, 1.54) is 0 Å². The number of hydrogen-bond donors (Lipinski definition) is 0. The third-order valence-corrected chi connectivity index (χ3v) is 4.46. The molecule has 0 saturated carbocycles. The molecule has 0 aromatic heterocycles. The van der Waals surface area contributed by atoms with Crippen LogP contribution in [0, 0.1) is 5.41 Å². The number of carbonyl (C=O) groups excluding carboxylic acids is 1. The van der Waals surface area contributed by atoms with E-state index in [4.69, 9.17) is 14.2 Å². The molecule has 5 nitrogen and oxygen atoms in total. The second-order valence-electron chi connectivity index (χ2n) is 6.21. The smallest absolute Gasteiger partial charge is 0.410 e. The molecule has 1 atom stereocenters. The van der Waals surface area contributed by atoms with Crippen molar-refractivity contribution in [3.05, 3.63) is 23.8 Å². The first kappa shape index (κ1) is 15.5. The van der Waals surface area contributed by atoms with Crippen LogP contribution in [-0.2, 0) is 10.3 Å². The molecule has 0 spiro atoms. The number of benzene rings is 1. The van der Waals surface area contributed by atoms with Crippen molar-refractivity contribution in [2.75, 3.05) is 27.8 Å². The van der Waals surface area contributed by atoms with E-state index in [9.17, 15) is 4.79 Å². The Bertz CT molecular complexity index is 555. The molecule has 1 aromatic carbocycles. The normalized spacial score (nSPS) is 24.5. The highest BCUT2D eigenvalue weighted by molar-refractivity contribution is 5.69. The molecule has 0 aliphatic carbocycles. The predicted octanol–water partition coefficient (Wildman–Crippen LogP) is 3.03. The predicted molar refractivity (Wildman–Crippen MR) is 79.8 cm³/mol. The molecule has 1 aliphatic rings. The highest BCUT2D eigenvalue weighted by atomic mass is 16.6. The van der Waals surface area contributed by atoms with Crippen LogP contribution in [0.25, 0.3) is 0 Å². The summed E-state index contributed by atoms with van der Waals surface area (Å²) in [6, 6.07) is 5.63. The molecule has 1 aliphatic heterocycles. The molecule has 21 heavy (non-hydrogen) atoms. The summed E-state index contributed by atoms with van der Waals surface area (Å²) in [5, 5.41) is 0. The van der Waals surface area contributed by atoms with Gasteiger partial charge in [0.1, 0.15) is 5.60 Å². The van der Waals surface area contributed by atoms with E-state index in [1.807, 2.05) is 25.1 Å². The van der Waals surface area contributed by atoms with E-state index >= 15 is 0 Å². The average molecular weight is 293 g/mol. The fraction of sp³-hybridized carbons (Fsp3) is 0.562. The molecule has 1 amide bonds. The maximum absolute atomic E-state index is 12.0. The highest BCUT2D eigenvalue weighted by Gasteiger charge is 2.51. The molecule has 1 aromatic rings. The molecular weight excluding hydrogens is 270 g/mol. The highest BCUT2D eigenvalue weighted by Crippen LogP contribution is 2.47. The first-order valence-corrected chi connectivity index (χ1v) is 6.92. The Morgan fingerprint density at radius 1 is 1.14 bits per heavy atom. The molecular formula is C16H23NO4. The number of methoxy groups -OCH3 is 2. The van der Waals surface area contributed by atoms with Crippen LogP contribution >= 0.6 is 0 Å². The minimum atomic E-state index is -0.726. The molecule has 1 fully saturated rings. The second kappa shape index (κ2) is 5.13. The van der Waals surface area contributed by atoms with Gasteiger partial charge in [0.05, 0.1) is 14.2 Å². The third-order valence-electron chi connectivity index (χ3n) is 4.46. The van der Waals surface area contributed by atoms with Crippen LogP contribution in [0.15, 0.2) is 18.2 Å². The first-order valence-electron chi connectivity index (χ1n) is 6.92. The van der Waals surface area contributed by atoms with E-state index in [1.54, 1.807) is 26.2 Å². The SMILES string of the molecule is COc1ccc(C2(C)OC(=O)N(C)CC2(C)C)cc1OC. The maximum Gasteiger partial charge on any atom is 0.410 e. The Labute approximate surface area is 125 Å². The van der Waals surface area contributed by atoms with Gasteiger partial charge < -0.3 is 19.1 Å². The van der Waals surface area contributed by atoms with Gasteiger partial charge in [0.2, 0.25) is 0 Å². The molecule has 2 rings (SSSR count). The summed E-state index contributed by atoms with van der Waals surface area (Å²) in [4.78, 5) is 13.6. The monoisotopic (exact) mass is 293 g/mol. The van der Waals surface area contributed by atoms with Crippen LogP contribution in [0.5, 0.6) is 11.5 Å². The summed E-state index contributed by atoms with van der Waals surface area (Å²) in [6.07, 6.45) is -0.313. The summed E-state index contributed by atoms with van der Waals surface area (Å²) >= 11 is 0. The maximum atomic E-state index is 12.0. The van der Waals surface area contributed by atoms with Gasteiger partial charge in [-0.3, -0.25) is 0 Å². The molecule has 1 saturated heterocycles. The van der Waals surface area contributed by atoms with Gasteiger partial charge in [-0.15, -0.1) is 0 Å². The Morgan fingerprint density at radius 2 is 1.76 bits per heavy atom. The van der Waals surface area contributed by atoms with Gasteiger partial charge in [-0.05, 0) is 24.6 Å². The molecule has 0 radical (unpaired) electrons. The zero-order chi connectivity index (χ0) is 15.8. The van der Waals surface area contributed by atoms with Crippen LogP contribution in [-0.4, -0.2) is 38.8 Å². The standard InChI is InChI=1S/C16H23NO4/c1-15(2)10-17(4)14(18)21-16(15,3)11-7-8-12(19-5)13(9-11)20-6/h7-9H,10H2,1-6H3. The van der Waals surface area contributed by atoms with Gasteiger partial charge in [-0.25, -0.2) is 4.79 Å². The van der Waals surface area contributed by atoms with Crippen LogP contribution in [0.4, 0.5) is 4.79 Å². The summed E-state index contributed by atoms with van der Waals surface area (Å²) in [6.45, 7) is 6.75. The van der Waals surface area contributed by atoms with Crippen LogP contribution in [0.3, 0.4) is 0 Å². The van der Waals surface area contributed by atoms with Crippen molar-refractivity contribution in [3.63, 3.8) is 0 Å². The quantitative estimate of drug-likeness (QED) is 0.859. The minimum absolute atomic E-state index is 0.241. The summed E-state index contributed by atoms with van der Waals surface area (Å²) in [7, 11) is 4.94. The van der Waals surface area contributed by atoms with Crippen molar-refractivity contribution in [1.29, 1.82) is 0 Å². The third kappa shape index (κ3) is 2.41. The van der Waals surface area contributed by atoms with Gasteiger partial charge >= 0.3 is 6.09 Å². The van der Waals surface area contributed by atoms with Gasteiger partial charge in [0, 0.05) is 19.0 Å². The number of amides is 1. The summed E-state index contributed by atoms with van der Waals surface area (Å²) in [5.74, 6) is 1.28. The van der Waals surface area contributed by atoms with Crippen molar-refractivity contribution in [3.8, 4) is 11.5 Å². The lowest BCUT2D eigenvalue weighted by Crippen LogP contribution is -2.56. The number of ether oxygens (including phenoxy) is 3. The van der Waals surface area contributed by atoms with Gasteiger partial charge in [-0.1, -0.05) is 19.9 Å². The molecule has 0 bridgehead atoms. The zero-order valence-electron chi connectivity index (χ0n) is 13.5. The molecule has 5 heteroatoms. The molecule has 1 unspecified atom stereocenters. The van der Waals surface area contributed by atoms with Gasteiger partial charge in [0.15, 0.2) is 11.5 Å². The number of carbonyl (C=O) groups is 1. The number of hydrogen-bond acceptors (Lipinski definition) is 4. The Morgan fingerprint density at radius 3 is 2.33 bits per heavy atom. The van der Waals surface area contributed by atoms with E-state index < -0.39 is 5.60 Å². The van der Waals surface area contributed by atoms with Gasteiger partial charge in [0.25, 0.3) is 0 Å². The minimum Gasteiger partial charge on any atom is -0.493 e. The zero-order valence-corrected chi connectivity index (χ0v) is 13.5. The van der Waals surface area contributed by atoms with E-state index in [0.717, 1.165) is 5.56 Å². The van der Waals surface area contributed by atoms with Crippen molar-refractivity contribution >= 4 is 6.09 Å². The molecule has 116 valence electrons. The Hall–Kier alpha value is -1.91. The lowest BCUT2D eigenvalue weighted by atomic mass is 9.70. The molecule has 1 heterocycles. The fourth-order valence-corrected chi connectivity index (χ4v) is 2.78. The number of cyclic esters (lactones) is 1. The molecule has 0 N–H and O–H groups in total. The number of rotatable bonds is 3. The summed E-state index contributed by atoms with van der Waals surface area (Å²) < 4.78 is 16.4. The first-order chi connectivity index (χ1) is 9.75. The van der Waals surface area contributed by atoms with E-state index in [0.29, 0.717) is 18.0 Å². The van der Waals surface area contributed by atoms with Crippen molar-refractivity contribution in [2.24, 2.45) is 5.41 Å². The van der Waals surface area contributed by atoms with E-state index in [-0.39, 0.29) is 11.5 Å². The fourth-order valence-electron chi connectivity index (χ4n) is 2.78. The van der Waals surface area contributed by atoms with Crippen LogP contribution < -0.4 is 9.47 Å². The summed E-state index contributed by atoms with van der Waals surface area (Å²) in [5.41, 5.74) is -0.0719. The average Bonchev–Trinajstić information content (AvgIpc) is 2.44. The van der Waals surface area contributed by atoms with Crippen LogP contribution in [0.1, 0.15) is 26.3 Å². The van der Waals surface area contributed by atoms with Gasteiger partial charge in [-0.2, -0.15) is 0 Å². The topological polar surface area (TPSA) is 48.0 Å². The lowest BCUT2D eigenvalue weighted by molar-refractivity contribution is -0.119. The van der Waals surface area contributed by atoms with E-state index in [2.05, 4.69) is 13.8 Å². The lowest BCUT2D eigenvalue weighted by Gasteiger charge is -2.49. The van der Waals surface area contributed by atoms with Crippen LogP contribution in [0.2, 0.25) is 0 Å². The number of nitrogens with zero attached hydrogens (tertiary/aromatic N) is 1. The van der Waals surface area contributed by atoms with Crippen molar-refractivity contribution < 1.29 is 19.0 Å².